The Labute approximate surface area is 154 Å². The molecule has 0 atom stereocenters. The zero-order chi connectivity index (χ0) is 18.0. The normalized spacial score (nSPS) is 11.3. The molecule has 134 valence electrons. The highest BCUT2D eigenvalue weighted by molar-refractivity contribution is 5.79. The van der Waals surface area contributed by atoms with Crippen molar-refractivity contribution in [2.45, 2.75) is 19.9 Å². The summed E-state index contributed by atoms with van der Waals surface area (Å²) in [6.07, 6.45) is 2.82. The van der Waals surface area contributed by atoms with E-state index in [-0.39, 0.29) is 0 Å². The highest BCUT2D eigenvalue weighted by Gasteiger charge is 2.03. The molecule has 5 heteroatoms. The summed E-state index contributed by atoms with van der Waals surface area (Å²) in [5.41, 5.74) is 3.45. The molecular formula is C21H25N5. The monoisotopic (exact) mass is 347 g/mol. The van der Waals surface area contributed by atoms with E-state index in [4.69, 9.17) is 0 Å². The summed E-state index contributed by atoms with van der Waals surface area (Å²) in [7, 11) is 0. The second kappa shape index (κ2) is 9.42. The van der Waals surface area contributed by atoms with Crippen molar-refractivity contribution in [3.63, 3.8) is 0 Å². The number of guanidine groups is 1. The summed E-state index contributed by atoms with van der Waals surface area (Å²) in [5, 5.41) is 6.65. The lowest BCUT2D eigenvalue weighted by atomic mass is 10.1. The molecule has 5 nitrogen and oxygen atoms in total. The van der Waals surface area contributed by atoms with E-state index in [0.717, 1.165) is 42.6 Å². The van der Waals surface area contributed by atoms with E-state index in [1.807, 2.05) is 30.5 Å². The number of rotatable bonds is 7. The predicted molar refractivity (Wildman–Crippen MR) is 107 cm³/mol. The average Bonchev–Trinajstić information content (AvgIpc) is 3.17. The van der Waals surface area contributed by atoms with Gasteiger partial charge in [-0.05, 0) is 24.5 Å². The molecule has 0 aliphatic rings. The molecule has 3 rings (SSSR count). The summed E-state index contributed by atoms with van der Waals surface area (Å²) in [6, 6.07) is 20.6. The molecule has 0 spiro atoms. The Kier molecular flexibility index (Phi) is 6.42. The van der Waals surface area contributed by atoms with Gasteiger partial charge < -0.3 is 15.6 Å². The van der Waals surface area contributed by atoms with Crippen LogP contribution >= 0.6 is 0 Å². The quantitative estimate of drug-likeness (QED) is 0.453. The van der Waals surface area contributed by atoms with Gasteiger partial charge in [0, 0.05) is 13.1 Å². The topological polar surface area (TPSA) is 65.1 Å². The number of aromatic amines is 1. The fraction of sp³-hybridized carbons (Fsp3) is 0.238. The number of hydrogen-bond acceptors (Lipinski definition) is 2. The molecule has 0 amide bonds. The van der Waals surface area contributed by atoms with Crippen molar-refractivity contribution in [2.75, 3.05) is 13.1 Å². The summed E-state index contributed by atoms with van der Waals surface area (Å²) < 4.78 is 0. The number of imidazole rings is 1. The van der Waals surface area contributed by atoms with Crippen LogP contribution in [0.4, 0.5) is 0 Å². The molecule has 2 aromatic carbocycles. The van der Waals surface area contributed by atoms with Gasteiger partial charge in [-0.1, -0.05) is 60.7 Å². The van der Waals surface area contributed by atoms with Crippen molar-refractivity contribution in [3.8, 4) is 11.3 Å². The Hall–Kier alpha value is -3.08. The van der Waals surface area contributed by atoms with E-state index in [2.05, 4.69) is 68.9 Å². The summed E-state index contributed by atoms with van der Waals surface area (Å²) in [6.45, 7) is 4.23. The number of nitrogens with zero attached hydrogens (tertiary/aromatic N) is 2. The van der Waals surface area contributed by atoms with Gasteiger partial charge in [0.05, 0.1) is 11.9 Å². The number of hydrogen-bond donors (Lipinski definition) is 3. The average molecular weight is 347 g/mol. The zero-order valence-electron chi connectivity index (χ0n) is 15.1. The minimum absolute atomic E-state index is 0.507. The predicted octanol–water partition coefficient (Wildman–Crippen LogP) is 3.37. The van der Waals surface area contributed by atoms with Gasteiger partial charge >= 0.3 is 0 Å². The molecule has 0 saturated heterocycles. The zero-order valence-corrected chi connectivity index (χ0v) is 15.1. The maximum absolute atomic E-state index is 4.62. The molecule has 0 unspecified atom stereocenters. The Bertz CT molecular complexity index is 809. The number of H-pyrrole nitrogens is 1. The molecule has 0 aliphatic carbocycles. The molecule has 0 radical (unpaired) electrons. The largest absolute Gasteiger partial charge is 0.357 e. The summed E-state index contributed by atoms with van der Waals surface area (Å²) in [5.74, 6) is 1.66. The lowest BCUT2D eigenvalue weighted by Crippen LogP contribution is -2.38. The molecule has 26 heavy (non-hydrogen) atoms. The first-order valence-corrected chi connectivity index (χ1v) is 9.00. The first-order valence-electron chi connectivity index (χ1n) is 9.00. The van der Waals surface area contributed by atoms with Gasteiger partial charge in [-0.3, -0.25) is 0 Å². The highest BCUT2D eigenvalue weighted by Crippen LogP contribution is 2.16. The van der Waals surface area contributed by atoms with Crippen LogP contribution in [0.5, 0.6) is 0 Å². The van der Waals surface area contributed by atoms with E-state index >= 15 is 0 Å². The maximum atomic E-state index is 4.62. The van der Waals surface area contributed by atoms with Gasteiger partial charge in [-0.2, -0.15) is 0 Å². The third-order valence-electron chi connectivity index (χ3n) is 3.99. The van der Waals surface area contributed by atoms with Crippen molar-refractivity contribution in [3.05, 3.63) is 78.2 Å². The maximum Gasteiger partial charge on any atom is 0.191 e. The highest BCUT2D eigenvalue weighted by atomic mass is 15.2. The third-order valence-corrected chi connectivity index (χ3v) is 3.99. The SMILES string of the molecule is CCNC(=NCc1ncc(-c2ccccc2)[nH]1)NCCc1ccccc1. The van der Waals surface area contributed by atoms with Crippen molar-refractivity contribution < 1.29 is 0 Å². The van der Waals surface area contributed by atoms with E-state index in [0.29, 0.717) is 6.54 Å². The van der Waals surface area contributed by atoms with E-state index in [1.165, 1.54) is 5.56 Å². The number of benzene rings is 2. The summed E-state index contributed by atoms with van der Waals surface area (Å²) >= 11 is 0. The first kappa shape index (κ1) is 17.7. The van der Waals surface area contributed by atoms with Crippen molar-refractivity contribution >= 4 is 5.96 Å². The van der Waals surface area contributed by atoms with Gasteiger partial charge in [0.15, 0.2) is 5.96 Å². The molecule has 3 N–H and O–H groups in total. The van der Waals surface area contributed by atoms with Crippen molar-refractivity contribution in [1.29, 1.82) is 0 Å². The fourth-order valence-corrected chi connectivity index (χ4v) is 2.67. The molecule has 0 fully saturated rings. The Morgan fingerprint density at radius 1 is 1.00 bits per heavy atom. The van der Waals surface area contributed by atoms with Gasteiger partial charge in [-0.25, -0.2) is 9.98 Å². The van der Waals surface area contributed by atoms with Crippen LogP contribution in [-0.4, -0.2) is 29.0 Å². The summed E-state index contributed by atoms with van der Waals surface area (Å²) in [4.78, 5) is 12.4. The van der Waals surface area contributed by atoms with Gasteiger partial charge in [-0.15, -0.1) is 0 Å². The van der Waals surface area contributed by atoms with Crippen LogP contribution in [0.15, 0.2) is 71.9 Å². The lowest BCUT2D eigenvalue weighted by molar-refractivity contribution is 0.794. The minimum atomic E-state index is 0.507. The smallest absolute Gasteiger partial charge is 0.191 e. The Morgan fingerprint density at radius 3 is 2.46 bits per heavy atom. The van der Waals surface area contributed by atoms with Crippen LogP contribution < -0.4 is 10.6 Å². The van der Waals surface area contributed by atoms with E-state index < -0.39 is 0 Å². The van der Waals surface area contributed by atoms with Crippen molar-refractivity contribution in [1.82, 2.24) is 20.6 Å². The molecule has 0 bridgehead atoms. The van der Waals surface area contributed by atoms with Gasteiger partial charge in [0.1, 0.15) is 12.4 Å². The molecular weight excluding hydrogens is 322 g/mol. The minimum Gasteiger partial charge on any atom is -0.357 e. The molecule has 0 saturated carbocycles. The van der Waals surface area contributed by atoms with Crippen molar-refractivity contribution in [2.24, 2.45) is 4.99 Å². The van der Waals surface area contributed by atoms with Gasteiger partial charge in [0.25, 0.3) is 0 Å². The van der Waals surface area contributed by atoms with Crippen LogP contribution in [0.25, 0.3) is 11.3 Å². The standard InChI is InChI=1S/C21H25N5/c1-2-22-21(23-14-13-17-9-5-3-6-10-17)25-16-20-24-15-19(26-20)18-11-7-4-8-12-18/h3-12,15H,2,13-14,16H2,1H3,(H,24,26)(H2,22,23,25). The second-order valence-electron chi connectivity index (χ2n) is 5.97. The van der Waals surface area contributed by atoms with E-state index in [1.54, 1.807) is 0 Å². The molecule has 1 heterocycles. The van der Waals surface area contributed by atoms with Crippen LogP contribution in [0, 0.1) is 0 Å². The first-order chi connectivity index (χ1) is 12.8. The molecule has 3 aromatic rings. The Morgan fingerprint density at radius 2 is 1.73 bits per heavy atom. The Balaban J connectivity index is 1.56. The third kappa shape index (κ3) is 5.21. The van der Waals surface area contributed by atoms with Crippen LogP contribution in [0.2, 0.25) is 0 Å². The molecule has 0 aliphatic heterocycles. The van der Waals surface area contributed by atoms with Crippen LogP contribution in [0.1, 0.15) is 18.3 Å². The van der Waals surface area contributed by atoms with Crippen LogP contribution in [0.3, 0.4) is 0 Å². The van der Waals surface area contributed by atoms with Crippen LogP contribution in [-0.2, 0) is 13.0 Å². The lowest BCUT2D eigenvalue weighted by Gasteiger charge is -2.11. The fourth-order valence-electron chi connectivity index (χ4n) is 2.67. The van der Waals surface area contributed by atoms with Gasteiger partial charge in [0.2, 0.25) is 0 Å². The second-order valence-corrected chi connectivity index (χ2v) is 5.97. The number of aliphatic imine (C=N–C) groups is 1. The number of nitrogens with one attached hydrogen (secondary N) is 3. The number of aromatic nitrogens is 2. The molecule has 1 aromatic heterocycles. The van der Waals surface area contributed by atoms with E-state index in [9.17, 15) is 0 Å².